The number of alkyl halides is 2. The lowest BCUT2D eigenvalue weighted by Crippen LogP contribution is -2.36. The first kappa shape index (κ1) is 13.7. The maximum Gasteiger partial charge on any atom is 0.329 e. The standard InChI is InChI=1S/C10H14F2N4O3/c1-6-13-8(19-15-6)14-9(18)16-4-2-7(17)10(11,12)3-5-16/h7,17H,2-5H2,1H3,(H,13,14,15,18). The zero-order chi connectivity index (χ0) is 14.0. The molecule has 0 aromatic carbocycles. The normalized spacial score (nSPS) is 22.9. The highest BCUT2D eigenvalue weighted by atomic mass is 19.3. The fraction of sp³-hybridized carbons (Fsp3) is 0.700. The quantitative estimate of drug-likeness (QED) is 0.798. The van der Waals surface area contributed by atoms with Crippen LogP contribution in [0.25, 0.3) is 0 Å². The van der Waals surface area contributed by atoms with E-state index in [2.05, 4.69) is 15.5 Å². The van der Waals surface area contributed by atoms with Crippen LogP contribution in [-0.4, -0.2) is 51.3 Å². The predicted molar refractivity (Wildman–Crippen MR) is 59.8 cm³/mol. The van der Waals surface area contributed by atoms with Gasteiger partial charge in [0.15, 0.2) is 5.82 Å². The smallest absolute Gasteiger partial charge is 0.329 e. The lowest BCUT2D eigenvalue weighted by atomic mass is 10.1. The molecule has 0 radical (unpaired) electrons. The Morgan fingerprint density at radius 3 is 2.95 bits per heavy atom. The number of hydrogen-bond donors (Lipinski definition) is 2. The number of amides is 2. The van der Waals surface area contributed by atoms with E-state index >= 15 is 0 Å². The van der Waals surface area contributed by atoms with Gasteiger partial charge in [0.2, 0.25) is 0 Å². The maximum atomic E-state index is 13.3. The molecule has 1 aliphatic heterocycles. The number of likely N-dealkylation sites (tertiary alicyclic amines) is 1. The first-order valence-corrected chi connectivity index (χ1v) is 5.80. The number of nitrogens with zero attached hydrogens (tertiary/aromatic N) is 3. The number of nitrogens with one attached hydrogen (secondary N) is 1. The Balaban J connectivity index is 1.96. The Hall–Kier alpha value is -1.77. The van der Waals surface area contributed by atoms with E-state index in [1.165, 1.54) is 4.90 Å². The molecule has 106 valence electrons. The maximum absolute atomic E-state index is 13.3. The van der Waals surface area contributed by atoms with Gasteiger partial charge in [-0.25, -0.2) is 13.6 Å². The van der Waals surface area contributed by atoms with Gasteiger partial charge in [-0.1, -0.05) is 5.16 Å². The van der Waals surface area contributed by atoms with Crippen molar-refractivity contribution in [2.75, 3.05) is 18.4 Å². The molecule has 0 bridgehead atoms. The molecule has 1 unspecified atom stereocenters. The highest BCUT2D eigenvalue weighted by molar-refractivity contribution is 5.87. The molecule has 1 fully saturated rings. The van der Waals surface area contributed by atoms with Gasteiger partial charge in [0.25, 0.3) is 5.92 Å². The van der Waals surface area contributed by atoms with Crippen molar-refractivity contribution >= 4 is 12.0 Å². The number of carbonyl (C=O) groups excluding carboxylic acids is 1. The van der Waals surface area contributed by atoms with Crippen molar-refractivity contribution < 1.29 is 23.2 Å². The van der Waals surface area contributed by atoms with Crippen LogP contribution in [0.2, 0.25) is 0 Å². The highest BCUT2D eigenvalue weighted by Crippen LogP contribution is 2.28. The molecular formula is C10H14F2N4O3. The highest BCUT2D eigenvalue weighted by Gasteiger charge is 2.41. The third-order valence-electron chi connectivity index (χ3n) is 2.90. The molecule has 1 aliphatic rings. The molecule has 0 saturated carbocycles. The van der Waals surface area contributed by atoms with E-state index in [1.54, 1.807) is 6.92 Å². The Morgan fingerprint density at radius 1 is 1.58 bits per heavy atom. The van der Waals surface area contributed by atoms with E-state index in [0.717, 1.165) is 0 Å². The number of urea groups is 1. The second-order valence-corrected chi connectivity index (χ2v) is 4.38. The zero-order valence-corrected chi connectivity index (χ0v) is 10.3. The molecule has 7 nitrogen and oxygen atoms in total. The van der Waals surface area contributed by atoms with Crippen LogP contribution < -0.4 is 5.32 Å². The molecule has 2 amide bonds. The molecule has 2 N–H and O–H groups in total. The summed E-state index contributed by atoms with van der Waals surface area (Å²) in [4.78, 5) is 16.8. The van der Waals surface area contributed by atoms with E-state index in [9.17, 15) is 18.7 Å². The van der Waals surface area contributed by atoms with Crippen LogP contribution in [0.1, 0.15) is 18.7 Å². The van der Waals surface area contributed by atoms with Crippen LogP contribution in [0, 0.1) is 6.92 Å². The summed E-state index contributed by atoms with van der Waals surface area (Å²) in [6.07, 6.45) is -2.48. The SMILES string of the molecule is Cc1noc(NC(=O)N2CCC(O)C(F)(F)CC2)n1. The van der Waals surface area contributed by atoms with E-state index in [0.29, 0.717) is 5.82 Å². The topological polar surface area (TPSA) is 91.5 Å². The first-order chi connectivity index (χ1) is 8.88. The molecule has 0 spiro atoms. The van der Waals surface area contributed by atoms with Gasteiger partial charge in [0, 0.05) is 19.5 Å². The monoisotopic (exact) mass is 276 g/mol. The fourth-order valence-electron chi connectivity index (χ4n) is 1.77. The summed E-state index contributed by atoms with van der Waals surface area (Å²) in [6, 6.07) is -0.687. The van der Waals surface area contributed by atoms with E-state index in [1.807, 2.05) is 0 Å². The minimum absolute atomic E-state index is 0.0374. The van der Waals surface area contributed by atoms with Gasteiger partial charge in [0.05, 0.1) is 0 Å². The second-order valence-electron chi connectivity index (χ2n) is 4.38. The summed E-state index contributed by atoms with van der Waals surface area (Å²) in [5, 5.41) is 15.1. The van der Waals surface area contributed by atoms with Crippen LogP contribution in [0.5, 0.6) is 0 Å². The average Bonchev–Trinajstić information content (AvgIpc) is 2.67. The Kier molecular flexibility index (Phi) is 3.65. The summed E-state index contributed by atoms with van der Waals surface area (Å²) in [5.74, 6) is -2.82. The zero-order valence-electron chi connectivity index (χ0n) is 10.3. The van der Waals surface area contributed by atoms with E-state index in [4.69, 9.17) is 4.52 Å². The van der Waals surface area contributed by atoms with Crippen LogP contribution in [0.15, 0.2) is 4.52 Å². The van der Waals surface area contributed by atoms with Crippen LogP contribution >= 0.6 is 0 Å². The second kappa shape index (κ2) is 5.08. The van der Waals surface area contributed by atoms with Gasteiger partial charge < -0.3 is 14.5 Å². The number of carbonyl (C=O) groups is 1. The number of halogens is 2. The third kappa shape index (κ3) is 3.16. The molecule has 2 rings (SSSR count). The fourth-order valence-corrected chi connectivity index (χ4v) is 1.77. The number of aromatic nitrogens is 2. The Labute approximate surface area is 107 Å². The number of hydrogen-bond acceptors (Lipinski definition) is 5. The molecule has 2 heterocycles. The first-order valence-electron chi connectivity index (χ1n) is 5.80. The lowest BCUT2D eigenvalue weighted by molar-refractivity contribution is -0.108. The van der Waals surface area contributed by atoms with Crippen molar-refractivity contribution in [3.8, 4) is 0 Å². The van der Waals surface area contributed by atoms with Crippen molar-refractivity contribution in [1.82, 2.24) is 15.0 Å². The number of rotatable bonds is 1. The van der Waals surface area contributed by atoms with Gasteiger partial charge in [-0.2, -0.15) is 4.98 Å². The summed E-state index contributed by atoms with van der Waals surface area (Å²) in [5.41, 5.74) is 0. The number of aliphatic hydroxyl groups is 1. The molecular weight excluding hydrogens is 262 g/mol. The third-order valence-corrected chi connectivity index (χ3v) is 2.90. The van der Waals surface area contributed by atoms with Gasteiger partial charge in [0.1, 0.15) is 6.10 Å². The van der Waals surface area contributed by atoms with Gasteiger partial charge in [-0.05, 0) is 13.3 Å². The summed E-state index contributed by atoms with van der Waals surface area (Å²) < 4.78 is 31.3. The molecule has 1 aromatic heterocycles. The van der Waals surface area contributed by atoms with Crippen molar-refractivity contribution in [2.45, 2.75) is 31.8 Å². The van der Waals surface area contributed by atoms with Crippen LogP contribution in [0.3, 0.4) is 0 Å². The lowest BCUT2D eigenvalue weighted by Gasteiger charge is -2.19. The molecule has 1 saturated heterocycles. The van der Waals surface area contributed by atoms with Gasteiger partial charge in [-0.3, -0.25) is 5.32 Å². The van der Waals surface area contributed by atoms with E-state index < -0.39 is 24.5 Å². The van der Waals surface area contributed by atoms with Crippen molar-refractivity contribution in [1.29, 1.82) is 0 Å². The summed E-state index contributed by atoms with van der Waals surface area (Å²) >= 11 is 0. The minimum atomic E-state index is -3.17. The predicted octanol–water partition coefficient (Wildman–Crippen LogP) is 1.00. The van der Waals surface area contributed by atoms with Crippen LogP contribution in [-0.2, 0) is 0 Å². The van der Waals surface area contributed by atoms with Gasteiger partial charge in [-0.15, -0.1) is 0 Å². The number of aryl methyl sites for hydroxylation is 1. The molecule has 0 aliphatic carbocycles. The van der Waals surface area contributed by atoms with E-state index in [-0.39, 0.29) is 25.5 Å². The van der Waals surface area contributed by atoms with Crippen molar-refractivity contribution in [3.05, 3.63) is 5.82 Å². The average molecular weight is 276 g/mol. The molecule has 9 heteroatoms. The Morgan fingerprint density at radius 2 is 2.32 bits per heavy atom. The van der Waals surface area contributed by atoms with Crippen LogP contribution in [0.4, 0.5) is 19.6 Å². The van der Waals surface area contributed by atoms with Crippen molar-refractivity contribution in [2.24, 2.45) is 0 Å². The number of aliphatic hydroxyl groups excluding tert-OH is 1. The van der Waals surface area contributed by atoms with Crippen molar-refractivity contribution in [3.63, 3.8) is 0 Å². The Bertz CT molecular complexity index is 465. The molecule has 19 heavy (non-hydrogen) atoms. The molecule has 1 atom stereocenters. The largest absolute Gasteiger partial charge is 0.387 e. The van der Waals surface area contributed by atoms with Gasteiger partial charge >= 0.3 is 12.0 Å². The number of anilines is 1. The minimum Gasteiger partial charge on any atom is -0.387 e. The summed E-state index contributed by atoms with van der Waals surface area (Å²) in [7, 11) is 0. The summed E-state index contributed by atoms with van der Waals surface area (Å²) in [6.45, 7) is 1.47. The molecule has 1 aromatic rings.